The zero-order chi connectivity index (χ0) is 15.9. The lowest BCUT2D eigenvalue weighted by Crippen LogP contribution is -1.98. The van der Waals surface area contributed by atoms with Crippen molar-refractivity contribution in [1.29, 1.82) is 0 Å². The molecule has 0 amide bonds. The molecule has 4 nitrogen and oxygen atoms in total. The van der Waals surface area contributed by atoms with Crippen molar-refractivity contribution >= 4 is 27.8 Å². The fourth-order valence-corrected chi connectivity index (χ4v) is 2.75. The molecule has 112 valence electrons. The van der Waals surface area contributed by atoms with Crippen LogP contribution in [-0.2, 0) is 0 Å². The van der Waals surface area contributed by atoms with Gasteiger partial charge in [-0.05, 0) is 58.8 Å². The van der Waals surface area contributed by atoms with Gasteiger partial charge in [0.15, 0.2) is 17.3 Å². The third kappa shape index (κ3) is 2.48. The van der Waals surface area contributed by atoms with Crippen molar-refractivity contribution < 1.29 is 19.4 Å². The van der Waals surface area contributed by atoms with Gasteiger partial charge in [0.2, 0.25) is 5.78 Å². The van der Waals surface area contributed by atoms with E-state index >= 15 is 0 Å². The predicted octanol–water partition coefficient (Wildman–Crippen LogP) is 4.09. The summed E-state index contributed by atoms with van der Waals surface area (Å²) in [7, 11) is 1.47. The third-order valence-electron chi connectivity index (χ3n) is 3.39. The number of benzene rings is 2. The zero-order valence-corrected chi connectivity index (χ0v) is 13.6. The Hall–Kier alpha value is -2.27. The van der Waals surface area contributed by atoms with Gasteiger partial charge in [-0.1, -0.05) is 11.6 Å². The first-order valence-electron chi connectivity index (χ1n) is 6.61. The molecule has 1 N–H and O–H groups in total. The van der Waals surface area contributed by atoms with E-state index in [1.165, 1.54) is 7.11 Å². The number of halogens is 1. The number of allylic oxidation sites excluding steroid dienone is 1. The van der Waals surface area contributed by atoms with Crippen LogP contribution < -0.4 is 9.47 Å². The fourth-order valence-electron chi connectivity index (χ4n) is 2.29. The molecule has 22 heavy (non-hydrogen) atoms. The first kappa shape index (κ1) is 14.7. The number of hydrogen-bond donors (Lipinski definition) is 1. The molecular weight excluding hydrogens is 348 g/mol. The van der Waals surface area contributed by atoms with Crippen LogP contribution in [0, 0.1) is 6.92 Å². The van der Waals surface area contributed by atoms with Crippen LogP contribution >= 0.6 is 15.9 Å². The van der Waals surface area contributed by atoms with E-state index in [4.69, 9.17) is 9.47 Å². The third-order valence-corrected chi connectivity index (χ3v) is 4.00. The number of aryl methyl sites for hydroxylation is 1. The van der Waals surface area contributed by atoms with Gasteiger partial charge < -0.3 is 14.6 Å². The predicted molar refractivity (Wildman–Crippen MR) is 86.5 cm³/mol. The molecule has 0 spiro atoms. The quantitative estimate of drug-likeness (QED) is 0.819. The van der Waals surface area contributed by atoms with Crippen molar-refractivity contribution in [1.82, 2.24) is 0 Å². The summed E-state index contributed by atoms with van der Waals surface area (Å²) < 4.78 is 11.2. The number of aromatic hydroxyl groups is 1. The van der Waals surface area contributed by atoms with E-state index in [1.54, 1.807) is 24.3 Å². The van der Waals surface area contributed by atoms with Gasteiger partial charge in [0.05, 0.1) is 17.1 Å². The number of Topliss-reactive ketones (excluding diaryl/α,β-unsaturated/α-hetero) is 1. The van der Waals surface area contributed by atoms with Gasteiger partial charge in [-0.2, -0.15) is 0 Å². The first-order valence-corrected chi connectivity index (χ1v) is 7.40. The molecule has 0 unspecified atom stereocenters. The number of fused-ring (bicyclic) bond motifs is 1. The number of methoxy groups -OCH3 is 1. The highest BCUT2D eigenvalue weighted by Crippen LogP contribution is 2.37. The normalized spacial score (nSPS) is 14.9. The SMILES string of the molecule is COc1cc(/C=C2\Oc3ccc(C)cc3C2=O)cc(Br)c1O. The van der Waals surface area contributed by atoms with Gasteiger partial charge in [0.1, 0.15) is 5.75 Å². The lowest BCUT2D eigenvalue weighted by molar-refractivity contribution is 0.101. The molecular formula is C17H13BrO4. The second-order valence-electron chi connectivity index (χ2n) is 4.99. The molecule has 1 aliphatic rings. The van der Waals surface area contributed by atoms with Crippen LogP contribution in [-0.4, -0.2) is 18.0 Å². The topological polar surface area (TPSA) is 55.8 Å². The van der Waals surface area contributed by atoms with Crippen LogP contribution in [0.5, 0.6) is 17.2 Å². The smallest absolute Gasteiger partial charge is 0.231 e. The molecule has 0 aromatic heterocycles. The highest BCUT2D eigenvalue weighted by molar-refractivity contribution is 9.10. The summed E-state index contributed by atoms with van der Waals surface area (Å²) in [5, 5.41) is 9.82. The lowest BCUT2D eigenvalue weighted by Gasteiger charge is -2.07. The summed E-state index contributed by atoms with van der Waals surface area (Å²) in [5.74, 6) is 0.996. The van der Waals surface area contributed by atoms with E-state index in [2.05, 4.69) is 15.9 Å². The zero-order valence-electron chi connectivity index (χ0n) is 12.0. The van der Waals surface area contributed by atoms with E-state index in [0.29, 0.717) is 27.1 Å². The van der Waals surface area contributed by atoms with Gasteiger partial charge in [-0.15, -0.1) is 0 Å². The number of phenolic OH excluding ortho intramolecular Hbond substituents is 1. The summed E-state index contributed by atoms with van der Waals surface area (Å²) in [6.07, 6.45) is 1.63. The second-order valence-corrected chi connectivity index (χ2v) is 5.85. The number of carbonyl (C=O) groups is 1. The number of carbonyl (C=O) groups excluding carboxylic acids is 1. The van der Waals surface area contributed by atoms with Gasteiger partial charge >= 0.3 is 0 Å². The minimum absolute atomic E-state index is 0.0160. The largest absolute Gasteiger partial charge is 0.503 e. The molecule has 1 aliphatic heterocycles. The Morgan fingerprint density at radius 1 is 1.27 bits per heavy atom. The monoisotopic (exact) mass is 360 g/mol. The van der Waals surface area contributed by atoms with E-state index in [-0.39, 0.29) is 17.3 Å². The molecule has 0 saturated carbocycles. The van der Waals surface area contributed by atoms with Crippen molar-refractivity contribution in [2.75, 3.05) is 7.11 Å². The highest BCUT2D eigenvalue weighted by atomic mass is 79.9. The Kier molecular flexibility index (Phi) is 3.66. The Morgan fingerprint density at radius 2 is 2.05 bits per heavy atom. The van der Waals surface area contributed by atoms with Crippen LogP contribution in [0.15, 0.2) is 40.6 Å². The standard InChI is InChI=1S/C17H13BrO4/c1-9-3-4-13-11(5-9)16(19)15(22-13)8-10-6-12(18)17(20)14(7-10)21-2/h3-8,20H,1-2H3/b15-8-. The fraction of sp³-hybridized carbons (Fsp3) is 0.118. The van der Waals surface area contributed by atoms with Crippen LogP contribution in [0.4, 0.5) is 0 Å². The van der Waals surface area contributed by atoms with Crippen LogP contribution in [0.1, 0.15) is 21.5 Å². The number of hydrogen-bond acceptors (Lipinski definition) is 4. The molecule has 0 bridgehead atoms. The number of phenols is 1. The Bertz CT molecular complexity index is 809. The summed E-state index contributed by atoms with van der Waals surface area (Å²) in [5.41, 5.74) is 2.26. The number of ether oxygens (including phenoxy) is 2. The minimum atomic E-state index is -0.151. The summed E-state index contributed by atoms with van der Waals surface area (Å²) in [6, 6.07) is 8.82. The van der Waals surface area contributed by atoms with Crippen molar-refractivity contribution in [3.05, 3.63) is 57.3 Å². The molecule has 0 atom stereocenters. The maximum Gasteiger partial charge on any atom is 0.231 e. The molecule has 0 aliphatic carbocycles. The van der Waals surface area contributed by atoms with Gasteiger partial charge in [0, 0.05) is 0 Å². The summed E-state index contributed by atoms with van der Waals surface area (Å²) in [4.78, 5) is 12.4. The summed E-state index contributed by atoms with van der Waals surface area (Å²) >= 11 is 3.26. The van der Waals surface area contributed by atoms with Gasteiger partial charge in [0.25, 0.3) is 0 Å². The van der Waals surface area contributed by atoms with Gasteiger partial charge in [-0.3, -0.25) is 4.79 Å². The molecule has 3 rings (SSSR count). The second kappa shape index (κ2) is 5.50. The van der Waals surface area contributed by atoms with Crippen molar-refractivity contribution in [3.8, 4) is 17.2 Å². The van der Waals surface area contributed by atoms with Crippen molar-refractivity contribution in [2.24, 2.45) is 0 Å². The van der Waals surface area contributed by atoms with Crippen LogP contribution in [0.2, 0.25) is 0 Å². The van der Waals surface area contributed by atoms with Gasteiger partial charge in [-0.25, -0.2) is 0 Å². The minimum Gasteiger partial charge on any atom is -0.503 e. The average molecular weight is 361 g/mol. The Labute approximate surface area is 136 Å². The highest BCUT2D eigenvalue weighted by Gasteiger charge is 2.27. The molecule has 2 aromatic carbocycles. The molecule has 0 fully saturated rings. The average Bonchev–Trinajstić information content (AvgIpc) is 2.79. The molecule has 1 heterocycles. The molecule has 5 heteroatoms. The van der Waals surface area contributed by atoms with E-state index in [1.807, 2.05) is 19.1 Å². The van der Waals surface area contributed by atoms with Crippen molar-refractivity contribution in [3.63, 3.8) is 0 Å². The van der Waals surface area contributed by atoms with Crippen LogP contribution in [0.25, 0.3) is 6.08 Å². The molecule has 0 radical (unpaired) electrons. The maximum atomic E-state index is 12.4. The lowest BCUT2D eigenvalue weighted by atomic mass is 10.1. The van der Waals surface area contributed by atoms with E-state index in [0.717, 1.165) is 5.56 Å². The summed E-state index contributed by atoms with van der Waals surface area (Å²) in [6.45, 7) is 1.93. The maximum absolute atomic E-state index is 12.4. The molecule has 2 aromatic rings. The Balaban J connectivity index is 2.01. The Morgan fingerprint density at radius 3 is 2.77 bits per heavy atom. The van der Waals surface area contributed by atoms with E-state index < -0.39 is 0 Å². The van der Waals surface area contributed by atoms with Crippen LogP contribution in [0.3, 0.4) is 0 Å². The number of rotatable bonds is 2. The van der Waals surface area contributed by atoms with E-state index in [9.17, 15) is 9.90 Å². The first-order chi connectivity index (χ1) is 10.5. The molecule has 0 saturated heterocycles. The van der Waals surface area contributed by atoms with Crippen molar-refractivity contribution in [2.45, 2.75) is 6.92 Å². The number of ketones is 1.